The summed E-state index contributed by atoms with van der Waals surface area (Å²) < 4.78 is 0. The summed E-state index contributed by atoms with van der Waals surface area (Å²) in [5, 5.41) is 1.13. The van der Waals surface area contributed by atoms with Crippen molar-refractivity contribution in [3.8, 4) is 0 Å². The maximum Gasteiger partial charge on any atom is 0.225 e. The van der Waals surface area contributed by atoms with E-state index in [-0.39, 0.29) is 11.9 Å². The largest absolute Gasteiger partial charge is 0.368 e. The van der Waals surface area contributed by atoms with Crippen LogP contribution in [-0.4, -0.2) is 15.0 Å². The second-order valence-electron chi connectivity index (χ2n) is 3.38. The Balaban J connectivity index is 2.31. The molecular formula is C10H9Cl2N5. The quantitative estimate of drug-likeness (QED) is 0.870. The molecule has 88 valence electrons. The number of rotatable bonds is 2. The molecule has 0 bridgehead atoms. The summed E-state index contributed by atoms with van der Waals surface area (Å²) in [6.45, 7) is 0. The average Bonchev–Trinajstić information content (AvgIpc) is 2.21. The fourth-order valence-corrected chi connectivity index (χ4v) is 1.85. The van der Waals surface area contributed by atoms with Crippen LogP contribution in [0.4, 0.5) is 11.9 Å². The molecule has 0 aliphatic heterocycles. The van der Waals surface area contributed by atoms with Crippen LogP contribution in [0.1, 0.15) is 11.4 Å². The van der Waals surface area contributed by atoms with Gasteiger partial charge in [0, 0.05) is 16.5 Å². The highest BCUT2D eigenvalue weighted by Gasteiger charge is 2.07. The number of benzene rings is 1. The minimum Gasteiger partial charge on any atom is -0.368 e. The molecule has 0 unspecified atom stereocenters. The minimum atomic E-state index is 0.0950. The van der Waals surface area contributed by atoms with Crippen molar-refractivity contribution in [3.05, 3.63) is 39.6 Å². The van der Waals surface area contributed by atoms with E-state index in [1.54, 1.807) is 18.2 Å². The summed E-state index contributed by atoms with van der Waals surface area (Å²) >= 11 is 11.8. The van der Waals surface area contributed by atoms with Crippen molar-refractivity contribution in [3.63, 3.8) is 0 Å². The number of hydrogen-bond acceptors (Lipinski definition) is 5. The Kier molecular flexibility index (Phi) is 3.31. The van der Waals surface area contributed by atoms with Crippen molar-refractivity contribution in [1.82, 2.24) is 15.0 Å². The molecule has 4 N–H and O–H groups in total. The van der Waals surface area contributed by atoms with E-state index in [0.29, 0.717) is 22.3 Å². The third kappa shape index (κ3) is 2.95. The first-order valence-electron chi connectivity index (χ1n) is 4.74. The van der Waals surface area contributed by atoms with Crippen molar-refractivity contribution in [2.45, 2.75) is 6.42 Å². The van der Waals surface area contributed by atoms with Gasteiger partial charge in [-0.25, -0.2) is 0 Å². The van der Waals surface area contributed by atoms with Gasteiger partial charge in [-0.2, -0.15) is 15.0 Å². The van der Waals surface area contributed by atoms with Gasteiger partial charge in [-0.3, -0.25) is 0 Å². The number of nitrogens with zero attached hydrogens (tertiary/aromatic N) is 3. The van der Waals surface area contributed by atoms with Crippen LogP contribution >= 0.6 is 23.2 Å². The lowest BCUT2D eigenvalue weighted by molar-refractivity contribution is 0.939. The van der Waals surface area contributed by atoms with E-state index in [0.717, 1.165) is 5.56 Å². The van der Waals surface area contributed by atoms with E-state index >= 15 is 0 Å². The van der Waals surface area contributed by atoms with Gasteiger partial charge < -0.3 is 11.5 Å². The number of aromatic nitrogens is 3. The van der Waals surface area contributed by atoms with Gasteiger partial charge in [-0.15, -0.1) is 0 Å². The number of nitrogen functional groups attached to an aromatic ring is 2. The van der Waals surface area contributed by atoms with E-state index in [1.807, 2.05) is 0 Å². The fourth-order valence-electron chi connectivity index (χ4n) is 1.37. The van der Waals surface area contributed by atoms with Crippen LogP contribution in [0.25, 0.3) is 0 Å². The van der Waals surface area contributed by atoms with E-state index in [2.05, 4.69) is 15.0 Å². The van der Waals surface area contributed by atoms with E-state index in [9.17, 15) is 0 Å². The van der Waals surface area contributed by atoms with Crippen LogP contribution in [0.5, 0.6) is 0 Å². The molecule has 2 rings (SSSR count). The Bertz CT molecular complexity index is 538. The third-order valence-corrected chi connectivity index (χ3v) is 2.67. The van der Waals surface area contributed by atoms with E-state index in [4.69, 9.17) is 34.7 Å². The predicted molar refractivity (Wildman–Crippen MR) is 67.9 cm³/mol. The van der Waals surface area contributed by atoms with Crippen LogP contribution in [0.15, 0.2) is 18.2 Å². The summed E-state index contributed by atoms with van der Waals surface area (Å²) in [4.78, 5) is 11.6. The molecule has 0 saturated carbocycles. The van der Waals surface area contributed by atoms with Gasteiger partial charge >= 0.3 is 0 Å². The maximum absolute atomic E-state index is 6.04. The first-order chi connectivity index (χ1) is 8.04. The number of halogens is 2. The summed E-state index contributed by atoms with van der Waals surface area (Å²) in [6, 6.07) is 5.21. The molecule has 0 spiro atoms. The van der Waals surface area contributed by atoms with E-state index < -0.39 is 0 Å². The number of hydrogen-bond donors (Lipinski definition) is 2. The highest BCUT2D eigenvalue weighted by atomic mass is 35.5. The Hall–Kier alpha value is -1.59. The van der Waals surface area contributed by atoms with E-state index in [1.165, 1.54) is 0 Å². The zero-order valence-electron chi connectivity index (χ0n) is 8.69. The topological polar surface area (TPSA) is 90.7 Å². The monoisotopic (exact) mass is 269 g/mol. The Labute approximate surface area is 108 Å². The third-order valence-electron chi connectivity index (χ3n) is 2.08. The van der Waals surface area contributed by atoms with Crippen LogP contribution in [0, 0.1) is 0 Å². The average molecular weight is 270 g/mol. The molecule has 2 aromatic rings. The second kappa shape index (κ2) is 4.73. The Morgan fingerprint density at radius 2 is 1.65 bits per heavy atom. The number of anilines is 2. The molecule has 17 heavy (non-hydrogen) atoms. The molecule has 1 aromatic heterocycles. The van der Waals surface area contributed by atoms with Gasteiger partial charge in [-0.1, -0.05) is 29.3 Å². The van der Waals surface area contributed by atoms with Gasteiger partial charge in [0.1, 0.15) is 5.82 Å². The zero-order chi connectivity index (χ0) is 12.4. The molecule has 0 atom stereocenters. The molecule has 0 aliphatic carbocycles. The second-order valence-corrected chi connectivity index (χ2v) is 4.22. The number of nitrogens with two attached hydrogens (primary N) is 2. The summed E-state index contributed by atoms with van der Waals surface area (Å²) in [6.07, 6.45) is 0.424. The molecule has 0 saturated heterocycles. The minimum absolute atomic E-state index is 0.0950. The highest BCUT2D eigenvalue weighted by molar-refractivity contribution is 6.35. The first kappa shape index (κ1) is 11.9. The van der Waals surface area contributed by atoms with Crippen molar-refractivity contribution >= 4 is 35.1 Å². The van der Waals surface area contributed by atoms with Crippen LogP contribution in [0.3, 0.4) is 0 Å². The van der Waals surface area contributed by atoms with Crippen LogP contribution in [-0.2, 0) is 6.42 Å². The van der Waals surface area contributed by atoms with Gasteiger partial charge in [0.05, 0.1) is 0 Å². The first-order valence-corrected chi connectivity index (χ1v) is 5.50. The van der Waals surface area contributed by atoms with Crippen molar-refractivity contribution in [1.29, 1.82) is 0 Å². The normalized spacial score (nSPS) is 10.5. The molecule has 0 amide bonds. The Morgan fingerprint density at radius 3 is 2.24 bits per heavy atom. The lowest BCUT2D eigenvalue weighted by atomic mass is 10.1. The van der Waals surface area contributed by atoms with Gasteiger partial charge in [0.2, 0.25) is 11.9 Å². The smallest absolute Gasteiger partial charge is 0.225 e. The van der Waals surface area contributed by atoms with Crippen molar-refractivity contribution < 1.29 is 0 Å². The van der Waals surface area contributed by atoms with Gasteiger partial charge in [0.15, 0.2) is 0 Å². The summed E-state index contributed by atoms with van der Waals surface area (Å²) in [5.74, 6) is 0.661. The fraction of sp³-hybridized carbons (Fsp3) is 0.100. The zero-order valence-corrected chi connectivity index (χ0v) is 10.2. The van der Waals surface area contributed by atoms with Gasteiger partial charge in [0.25, 0.3) is 0 Å². The van der Waals surface area contributed by atoms with Gasteiger partial charge in [-0.05, 0) is 17.7 Å². The molecule has 1 heterocycles. The molecule has 0 fully saturated rings. The molecule has 0 aliphatic rings. The predicted octanol–water partition coefficient (Wildman–Crippen LogP) is 1.93. The van der Waals surface area contributed by atoms with Crippen molar-refractivity contribution in [2.24, 2.45) is 0 Å². The lowest BCUT2D eigenvalue weighted by Crippen LogP contribution is -2.07. The maximum atomic E-state index is 6.04. The highest BCUT2D eigenvalue weighted by Crippen LogP contribution is 2.22. The Morgan fingerprint density at radius 1 is 1.00 bits per heavy atom. The lowest BCUT2D eigenvalue weighted by Gasteiger charge is -2.04. The van der Waals surface area contributed by atoms with Crippen LogP contribution < -0.4 is 11.5 Å². The SMILES string of the molecule is Nc1nc(N)nc(Cc2ccc(Cl)cc2Cl)n1. The summed E-state index contributed by atoms with van der Waals surface area (Å²) in [5.41, 5.74) is 11.8. The molecule has 0 radical (unpaired) electrons. The molecule has 1 aromatic carbocycles. The molecular weight excluding hydrogens is 261 g/mol. The molecule has 5 nitrogen and oxygen atoms in total. The standard InChI is InChI=1S/C10H9Cl2N5/c11-6-2-1-5(7(12)4-6)3-8-15-9(13)17-10(14)16-8/h1-2,4H,3H2,(H4,13,14,15,16,17). The van der Waals surface area contributed by atoms with Crippen LogP contribution in [0.2, 0.25) is 10.0 Å². The molecule has 7 heteroatoms. The summed E-state index contributed by atoms with van der Waals surface area (Å²) in [7, 11) is 0. The van der Waals surface area contributed by atoms with Crippen molar-refractivity contribution in [2.75, 3.05) is 11.5 Å².